The number of amides is 1. The minimum Gasteiger partial charge on any atom is -0.325 e. The molecule has 1 saturated heterocycles. The van der Waals surface area contributed by atoms with E-state index in [1.807, 2.05) is 0 Å². The summed E-state index contributed by atoms with van der Waals surface area (Å²) in [5.74, 6) is -0.475. The first-order valence-corrected chi connectivity index (χ1v) is 10.8. The zero-order valence-electron chi connectivity index (χ0n) is 14.5. The van der Waals surface area contributed by atoms with Crippen molar-refractivity contribution in [3.05, 3.63) is 24.0 Å². The zero-order valence-corrected chi connectivity index (χ0v) is 15.3. The van der Waals surface area contributed by atoms with Gasteiger partial charge in [0, 0.05) is 17.8 Å². The summed E-state index contributed by atoms with van der Waals surface area (Å²) in [6, 6.07) is 3.68. The molecule has 3 N–H and O–H groups in total. The molecule has 0 radical (unpaired) electrons. The van der Waals surface area contributed by atoms with Crippen molar-refractivity contribution in [2.45, 2.75) is 68.0 Å². The molecule has 1 heterocycles. The lowest BCUT2D eigenvalue weighted by molar-refractivity contribution is -0.117. The van der Waals surface area contributed by atoms with Crippen LogP contribution in [0.5, 0.6) is 0 Å². The number of hydrogen-bond acceptors (Lipinski definition) is 4. The number of fused-ring (bicyclic) bond motifs is 1. The van der Waals surface area contributed by atoms with Crippen molar-refractivity contribution in [3.63, 3.8) is 0 Å². The average molecular weight is 381 g/mol. The van der Waals surface area contributed by atoms with Crippen LogP contribution in [0.15, 0.2) is 23.1 Å². The molecule has 3 atom stereocenters. The number of rotatable bonds is 5. The normalized spacial score (nSPS) is 28.6. The summed E-state index contributed by atoms with van der Waals surface area (Å²) in [6.45, 7) is 0. The maximum atomic E-state index is 14.0. The van der Waals surface area contributed by atoms with Crippen molar-refractivity contribution >= 4 is 21.6 Å². The zero-order chi connectivity index (χ0) is 18.3. The van der Waals surface area contributed by atoms with E-state index >= 15 is 0 Å². The highest BCUT2D eigenvalue weighted by Crippen LogP contribution is 2.33. The molecule has 8 heteroatoms. The smallest absolute Gasteiger partial charge is 0.243 e. The Balaban J connectivity index is 1.46. The average Bonchev–Trinajstić information content (AvgIpc) is 3.29. The van der Waals surface area contributed by atoms with Gasteiger partial charge in [-0.2, -0.15) is 0 Å². The number of hydrogen-bond donors (Lipinski definition) is 3. The van der Waals surface area contributed by atoms with Crippen LogP contribution in [0.2, 0.25) is 0 Å². The predicted octanol–water partition coefficient (Wildman–Crippen LogP) is 2.13. The molecule has 2 saturated carbocycles. The van der Waals surface area contributed by atoms with Crippen molar-refractivity contribution in [1.29, 1.82) is 0 Å². The van der Waals surface area contributed by atoms with Gasteiger partial charge in [0.15, 0.2) is 0 Å². The number of anilines is 1. The standard InChI is InChI=1S/C18H24FN3O3S/c19-14-8-7-13(10-17(14)26(24,25)22-12-5-6-12)20-18(23)16-9-11-3-1-2-4-15(11)21-16/h7-8,10-12,15-16,21-22H,1-6,9H2,(H,20,23). The Morgan fingerprint density at radius 2 is 1.92 bits per heavy atom. The maximum Gasteiger partial charge on any atom is 0.243 e. The second-order valence-electron chi connectivity index (χ2n) is 7.64. The Kier molecular flexibility index (Phi) is 4.75. The van der Waals surface area contributed by atoms with Crippen LogP contribution in [-0.4, -0.2) is 32.5 Å². The van der Waals surface area contributed by atoms with Gasteiger partial charge < -0.3 is 10.6 Å². The van der Waals surface area contributed by atoms with Gasteiger partial charge in [-0.3, -0.25) is 4.79 Å². The highest BCUT2D eigenvalue weighted by molar-refractivity contribution is 7.89. The minimum atomic E-state index is -3.91. The predicted molar refractivity (Wildman–Crippen MR) is 95.7 cm³/mol. The fourth-order valence-corrected chi connectivity index (χ4v) is 5.43. The number of benzene rings is 1. The summed E-state index contributed by atoms with van der Waals surface area (Å²) < 4.78 is 41.1. The second kappa shape index (κ2) is 6.90. The molecular formula is C18H24FN3O3S. The molecular weight excluding hydrogens is 357 g/mol. The van der Waals surface area contributed by atoms with Gasteiger partial charge in [0.05, 0.1) is 6.04 Å². The number of sulfonamides is 1. The molecule has 1 aromatic rings. The fourth-order valence-electron chi connectivity index (χ4n) is 4.02. The topological polar surface area (TPSA) is 87.3 Å². The lowest BCUT2D eigenvalue weighted by Gasteiger charge is -2.24. The third kappa shape index (κ3) is 3.77. The summed E-state index contributed by atoms with van der Waals surface area (Å²) in [5, 5.41) is 6.13. The van der Waals surface area contributed by atoms with Crippen molar-refractivity contribution in [2.75, 3.05) is 5.32 Å². The highest BCUT2D eigenvalue weighted by Gasteiger charge is 2.38. The Morgan fingerprint density at radius 3 is 2.65 bits per heavy atom. The van der Waals surface area contributed by atoms with Crippen LogP contribution in [-0.2, 0) is 14.8 Å². The van der Waals surface area contributed by atoms with Crippen molar-refractivity contribution in [3.8, 4) is 0 Å². The van der Waals surface area contributed by atoms with Gasteiger partial charge in [-0.25, -0.2) is 17.5 Å². The molecule has 3 aliphatic rings. The minimum absolute atomic E-state index is 0.108. The van der Waals surface area contributed by atoms with Crippen LogP contribution in [0.1, 0.15) is 44.9 Å². The molecule has 4 rings (SSSR count). The Labute approximate surface area is 153 Å². The van der Waals surface area contributed by atoms with Crippen LogP contribution in [0.4, 0.5) is 10.1 Å². The fraction of sp³-hybridized carbons (Fsp3) is 0.611. The summed E-state index contributed by atoms with van der Waals surface area (Å²) in [7, 11) is -3.91. The molecule has 3 fully saturated rings. The molecule has 0 spiro atoms. The number of halogens is 1. The van der Waals surface area contributed by atoms with E-state index in [0.717, 1.165) is 38.2 Å². The lowest BCUT2D eigenvalue weighted by atomic mass is 9.85. The summed E-state index contributed by atoms with van der Waals surface area (Å²) >= 11 is 0. The van der Waals surface area contributed by atoms with Gasteiger partial charge >= 0.3 is 0 Å². The first kappa shape index (κ1) is 17.9. The van der Waals surface area contributed by atoms with Gasteiger partial charge in [0.1, 0.15) is 10.7 Å². The summed E-state index contributed by atoms with van der Waals surface area (Å²) in [5.41, 5.74) is 0.296. The Bertz CT molecular complexity index is 796. The summed E-state index contributed by atoms with van der Waals surface area (Å²) in [4.78, 5) is 12.1. The largest absolute Gasteiger partial charge is 0.325 e. The number of nitrogens with one attached hydrogen (secondary N) is 3. The van der Waals surface area contributed by atoms with E-state index in [1.54, 1.807) is 0 Å². The van der Waals surface area contributed by atoms with Gasteiger partial charge in [-0.1, -0.05) is 12.8 Å². The molecule has 0 aromatic heterocycles. The molecule has 142 valence electrons. The van der Waals surface area contributed by atoms with Crippen molar-refractivity contribution in [2.24, 2.45) is 5.92 Å². The third-order valence-corrected chi connectivity index (χ3v) is 7.10. The van der Waals surface area contributed by atoms with Crippen molar-refractivity contribution < 1.29 is 17.6 Å². The molecule has 1 aliphatic heterocycles. The van der Waals surface area contributed by atoms with Gasteiger partial charge in [0.25, 0.3) is 0 Å². The van der Waals surface area contributed by atoms with Crippen molar-refractivity contribution in [1.82, 2.24) is 10.0 Å². The lowest BCUT2D eigenvalue weighted by Crippen LogP contribution is -2.39. The van der Waals surface area contributed by atoms with E-state index in [2.05, 4.69) is 15.4 Å². The van der Waals surface area contributed by atoms with E-state index in [0.29, 0.717) is 17.6 Å². The second-order valence-corrected chi connectivity index (χ2v) is 9.32. The Hall–Kier alpha value is -1.51. The van der Waals surface area contributed by atoms with Crippen LogP contribution >= 0.6 is 0 Å². The van der Waals surface area contributed by atoms with Crippen LogP contribution in [0.25, 0.3) is 0 Å². The summed E-state index contributed by atoms with van der Waals surface area (Å²) in [6.07, 6.45) is 6.99. The molecule has 1 amide bonds. The maximum absolute atomic E-state index is 14.0. The molecule has 6 nitrogen and oxygen atoms in total. The number of carbonyl (C=O) groups excluding carboxylic acids is 1. The molecule has 3 unspecified atom stereocenters. The first-order chi connectivity index (χ1) is 12.4. The van der Waals surface area contributed by atoms with E-state index in [-0.39, 0.29) is 18.0 Å². The quantitative estimate of drug-likeness (QED) is 0.729. The first-order valence-electron chi connectivity index (χ1n) is 9.31. The van der Waals surface area contributed by atoms with Gasteiger partial charge in [-0.05, 0) is 56.2 Å². The monoisotopic (exact) mass is 381 g/mol. The van der Waals surface area contributed by atoms with Crippen LogP contribution in [0, 0.1) is 11.7 Å². The molecule has 1 aromatic carbocycles. The SMILES string of the molecule is O=C(Nc1ccc(F)c(S(=O)(=O)NC2CC2)c1)C1CC2CCCCC2N1. The van der Waals surface area contributed by atoms with E-state index < -0.39 is 20.7 Å². The highest BCUT2D eigenvalue weighted by atomic mass is 32.2. The molecule has 26 heavy (non-hydrogen) atoms. The number of carbonyl (C=O) groups is 1. The van der Waals surface area contributed by atoms with Gasteiger partial charge in [0.2, 0.25) is 15.9 Å². The molecule has 0 bridgehead atoms. The van der Waals surface area contributed by atoms with E-state index in [1.165, 1.54) is 25.0 Å². The van der Waals surface area contributed by atoms with E-state index in [9.17, 15) is 17.6 Å². The van der Waals surface area contributed by atoms with E-state index in [4.69, 9.17) is 0 Å². The Morgan fingerprint density at radius 1 is 1.15 bits per heavy atom. The molecule has 2 aliphatic carbocycles. The van der Waals surface area contributed by atoms with Crippen LogP contribution < -0.4 is 15.4 Å². The van der Waals surface area contributed by atoms with Crippen LogP contribution in [0.3, 0.4) is 0 Å². The third-order valence-electron chi connectivity index (χ3n) is 5.57. The van der Waals surface area contributed by atoms with Gasteiger partial charge in [-0.15, -0.1) is 0 Å².